The Morgan fingerprint density at radius 3 is 2.30 bits per heavy atom. The molecule has 0 aliphatic carbocycles. The highest BCUT2D eigenvalue weighted by Crippen LogP contribution is 2.05. The molecule has 1 heterocycles. The maximum Gasteiger partial charge on any atom is 0.133 e. The van der Waals surface area contributed by atoms with Crippen LogP contribution < -0.4 is 5.73 Å². The average molecular weight is 288 g/mol. The molecule has 1 rings (SSSR count). The SMILES string of the molecule is Br.Br.N=C(N)c1cccs1. The van der Waals surface area contributed by atoms with Crippen molar-refractivity contribution in [3.05, 3.63) is 22.4 Å². The number of nitrogens with one attached hydrogen (secondary N) is 1. The van der Waals surface area contributed by atoms with Crippen LogP contribution in [0.1, 0.15) is 4.88 Å². The van der Waals surface area contributed by atoms with Gasteiger partial charge in [0, 0.05) is 0 Å². The first-order valence-corrected chi connectivity index (χ1v) is 3.06. The standard InChI is InChI=1S/C5H6N2S.2BrH/c6-5(7)4-2-1-3-8-4;;/h1-3H,(H3,6,7);2*1H. The third-order valence-corrected chi connectivity index (χ3v) is 1.69. The van der Waals surface area contributed by atoms with Crippen molar-refractivity contribution in [2.24, 2.45) is 5.73 Å². The highest BCUT2D eigenvalue weighted by molar-refractivity contribution is 8.93. The van der Waals surface area contributed by atoms with Gasteiger partial charge >= 0.3 is 0 Å². The Kier molecular flexibility index (Phi) is 7.51. The molecular formula is C5H8Br2N2S. The van der Waals surface area contributed by atoms with Gasteiger partial charge in [-0.15, -0.1) is 45.3 Å². The van der Waals surface area contributed by atoms with Gasteiger partial charge in [-0.3, -0.25) is 5.41 Å². The molecule has 0 fully saturated rings. The number of nitrogen functional groups attached to an aromatic ring is 1. The van der Waals surface area contributed by atoms with Crippen LogP contribution in [0.15, 0.2) is 17.5 Å². The fourth-order valence-corrected chi connectivity index (χ4v) is 1.02. The molecule has 0 bridgehead atoms. The number of nitrogens with two attached hydrogens (primary N) is 1. The first kappa shape index (κ1) is 12.8. The highest BCUT2D eigenvalue weighted by Gasteiger charge is 1.92. The van der Waals surface area contributed by atoms with Crippen LogP contribution in [-0.2, 0) is 0 Å². The second kappa shape index (κ2) is 5.88. The van der Waals surface area contributed by atoms with Gasteiger partial charge in [-0.25, -0.2) is 0 Å². The summed E-state index contributed by atoms with van der Waals surface area (Å²) >= 11 is 1.48. The molecule has 3 N–H and O–H groups in total. The lowest BCUT2D eigenvalue weighted by Gasteiger charge is -1.84. The fraction of sp³-hybridized carbons (Fsp3) is 0. The fourth-order valence-electron chi connectivity index (χ4n) is 0.432. The molecule has 0 unspecified atom stereocenters. The molecule has 5 heteroatoms. The monoisotopic (exact) mass is 286 g/mol. The zero-order valence-corrected chi connectivity index (χ0v) is 9.28. The zero-order valence-electron chi connectivity index (χ0n) is 5.03. The topological polar surface area (TPSA) is 49.9 Å². The van der Waals surface area contributed by atoms with E-state index in [0.717, 1.165) is 4.88 Å². The van der Waals surface area contributed by atoms with Crippen molar-refractivity contribution in [2.75, 3.05) is 0 Å². The van der Waals surface area contributed by atoms with E-state index in [9.17, 15) is 0 Å². The smallest absolute Gasteiger partial charge is 0.133 e. The Balaban J connectivity index is 0. The molecule has 0 saturated heterocycles. The number of hydrogen-bond donors (Lipinski definition) is 2. The maximum absolute atomic E-state index is 6.94. The molecule has 1 aromatic heterocycles. The van der Waals surface area contributed by atoms with Crippen molar-refractivity contribution < 1.29 is 0 Å². The predicted molar refractivity (Wildman–Crippen MR) is 56.0 cm³/mol. The summed E-state index contributed by atoms with van der Waals surface area (Å²) in [6.45, 7) is 0. The van der Waals surface area contributed by atoms with Crippen LogP contribution in [0.25, 0.3) is 0 Å². The van der Waals surface area contributed by atoms with Crippen molar-refractivity contribution in [2.45, 2.75) is 0 Å². The van der Waals surface area contributed by atoms with Gasteiger partial charge in [-0.1, -0.05) is 6.07 Å². The normalized spacial score (nSPS) is 7.20. The summed E-state index contributed by atoms with van der Waals surface area (Å²) in [7, 11) is 0. The van der Waals surface area contributed by atoms with Crippen LogP contribution in [0.2, 0.25) is 0 Å². The van der Waals surface area contributed by atoms with Crippen LogP contribution in [0, 0.1) is 5.41 Å². The Labute approximate surface area is 84.5 Å². The summed E-state index contributed by atoms with van der Waals surface area (Å²) in [6, 6.07) is 3.70. The second-order valence-electron chi connectivity index (χ2n) is 1.39. The summed E-state index contributed by atoms with van der Waals surface area (Å²) in [5.41, 5.74) is 5.15. The molecule has 0 aromatic carbocycles. The molecule has 1 aromatic rings. The van der Waals surface area contributed by atoms with Crippen molar-refractivity contribution in [1.29, 1.82) is 5.41 Å². The molecule has 10 heavy (non-hydrogen) atoms. The van der Waals surface area contributed by atoms with Crippen molar-refractivity contribution in [3.8, 4) is 0 Å². The number of thiophene rings is 1. The van der Waals surface area contributed by atoms with E-state index >= 15 is 0 Å². The van der Waals surface area contributed by atoms with E-state index in [2.05, 4.69) is 0 Å². The number of amidine groups is 1. The van der Waals surface area contributed by atoms with Gasteiger partial charge < -0.3 is 5.73 Å². The molecule has 0 aliphatic rings. The van der Waals surface area contributed by atoms with Gasteiger partial charge in [0.05, 0.1) is 4.88 Å². The maximum atomic E-state index is 6.94. The Morgan fingerprint density at radius 2 is 2.10 bits per heavy atom. The molecule has 2 nitrogen and oxygen atoms in total. The van der Waals surface area contributed by atoms with E-state index in [1.165, 1.54) is 11.3 Å². The van der Waals surface area contributed by atoms with Crippen LogP contribution in [0.5, 0.6) is 0 Å². The van der Waals surface area contributed by atoms with E-state index in [0.29, 0.717) is 0 Å². The largest absolute Gasteiger partial charge is 0.383 e. The van der Waals surface area contributed by atoms with Crippen molar-refractivity contribution in [1.82, 2.24) is 0 Å². The molecular weight excluding hydrogens is 280 g/mol. The average Bonchev–Trinajstić information content (AvgIpc) is 2.12. The van der Waals surface area contributed by atoms with Gasteiger partial charge in [0.2, 0.25) is 0 Å². The van der Waals surface area contributed by atoms with E-state index < -0.39 is 0 Å². The Bertz CT molecular complexity index is 186. The first-order valence-electron chi connectivity index (χ1n) is 2.18. The summed E-state index contributed by atoms with van der Waals surface area (Å²) in [4.78, 5) is 0.838. The van der Waals surface area contributed by atoms with Gasteiger partial charge in [0.1, 0.15) is 5.84 Å². The third-order valence-electron chi connectivity index (χ3n) is 0.787. The predicted octanol–water partition coefficient (Wildman–Crippen LogP) is 2.19. The van der Waals surface area contributed by atoms with Crippen LogP contribution in [-0.4, -0.2) is 5.84 Å². The van der Waals surface area contributed by atoms with Gasteiger partial charge in [-0.2, -0.15) is 0 Å². The van der Waals surface area contributed by atoms with E-state index in [4.69, 9.17) is 11.1 Å². The van der Waals surface area contributed by atoms with E-state index in [-0.39, 0.29) is 39.8 Å². The van der Waals surface area contributed by atoms with Crippen LogP contribution >= 0.6 is 45.3 Å². The zero-order chi connectivity index (χ0) is 5.98. The summed E-state index contributed by atoms with van der Waals surface area (Å²) in [5, 5.41) is 8.84. The highest BCUT2D eigenvalue weighted by atomic mass is 79.9. The van der Waals surface area contributed by atoms with Crippen LogP contribution in [0.3, 0.4) is 0 Å². The molecule has 0 saturated carbocycles. The van der Waals surface area contributed by atoms with Crippen molar-refractivity contribution >= 4 is 51.1 Å². The lowest BCUT2D eigenvalue weighted by atomic mass is 10.4. The Morgan fingerprint density at radius 1 is 1.50 bits per heavy atom. The minimum absolute atomic E-state index is 0. The minimum atomic E-state index is 0. The number of halogens is 2. The number of rotatable bonds is 1. The van der Waals surface area contributed by atoms with Crippen LogP contribution in [0.4, 0.5) is 0 Å². The van der Waals surface area contributed by atoms with Gasteiger partial charge in [0.15, 0.2) is 0 Å². The minimum Gasteiger partial charge on any atom is -0.383 e. The number of hydrogen-bond acceptors (Lipinski definition) is 2. The molecule has 0 aliphatic heterocycles. The Hall–Kier alpha value is 0.130. The van der Waals surface area contributed by atoms with E-state index in [1.807, 2.05) is 17.5 Å². The summed E-state index contributed by atoms with van der Waals surface area (Å²) in [5.74, 6) is 0.153. The molecule has 0 amide bonds. The lowest BCUT2D eigenvalue weighted by molar-refractivity contribution is 1.45. The molecule has 0 radical (unpaired) electrons. The third kappa shape index (κ3) is 3.34. The van der Waals surface area contributed by atoms with Gasteiger partial charge in [0.25, 0.3) is 0 Å². The molecule has 58 valence electrons. The van der Waals surface area contributed by atoms with Gasteiger partial charge in [-0.05, 0) is 11.4 Å². The summed E-state index contributed by atoms with van der Waals surface area (Å²) < 4.78 is 0. The molecule has 0 spiro atoms. The van der Waals surface area contributed by atoms with Crippen molar-refractivity contribution in [3.63, 3.8) is 0 Å². The lowest BCUT2D eigenvalue weighted by Crippen LogP contribution is -2.08. The van der Waals surface area contributed by atoms with E-state index in [1.54, 1.807) is 0 Å². The molecule has 0 atom stereocenters. The quantitative estimate of drug-likeness (QED) is 0.604. The first-order chi connectivity index (χ1) is 3.80. The second-order valence-corrected chi connectivity index (χ2v) is 2.34. The summed E-state index contributed by atoms with van der Waals surface area (Å²) in [6.07, 6.45) is 0.